The Morgan fingerprint density at radius 1 is 1.54 bits per heavy atom. The first kappa shape index (κ1) is 8.41. The van der Waals surface area contributed by atoms with E-state index in [0.29, 0.717) is 5.92 Å². The summed E-state index contributed by atoms with van der Waals surface area (Å²) in [4.78, 5) is 10.6. The van der Waals surface area contributed by atoms with Gasteiger partial charge in [0.1, 0.15) is 6.26 Å². The van der Waals surface area contributed by atoms with E-state index in [0.717, 1.165) is 12.8 Å². The minimum absolute atomic E-state index is 0.103. The molecule has 1 fully saturated rings. The third kappa shape index (κ3) is 1.61. The number of rotatable bonds is 2. The van der Waals surface area contributed by atoms with Crippen LogP contribution in [0.15, 0.2) is 12.0 Å². The van der Waals surface area contributed by atoms with Gasteiger partial charge < -0.3 is 15.2 Å². The van der Waals surface area contributed by atoms with Gasteiger partial charge in [0.2, 0.25) is 0 Å². The van der Waals surface area contributed by atoms with Crippen LogP contribution in [0.3, 0.4) is 0 Å². The lowest BCUT2D eigenvalue weighted by Gasteiger charge is -2.18. The Kier molecular flexibility index (Phi) is 2.12. The highest BCUT2D eigenvalue weighted by Crippen LogP contribution is 2.30. The summed E-state index contributed by atoms with van der Waals surface area (Å²) in [6, 6.07) is 0. The molecule has 72 valence electrons. The standard InChI is InChI=1S/C9H13NO3/c11-9(12)7-5-13-8(10-7)6-3-1-2-4-6/h5-6,8,10H,1-4H2,(H,11,12). The topological polar surface area (TPSA) is 58.6 Å². The smallest absolute Gasteiger partial charge is 0.355 e. The van der Waals surface area contributed by atoms with Gasteiger partial charge in [-0.1, -0.05) is 12.8 Å². The maximum Gasteiger partial charge on any atom is 0.355 e. The van der Waals surface area contributed by atoms with Crippen LogP contribution in [0.2, 0.25) is 0 Å². The van der Waals surface area contributed by atoms with Crippen LogP contribution in [0.5, 0.6) is 0 Å². The van der Waals surface area contributed by atoms with Crippen LogP contribution in [-0.4, -0.2) is 17.3 Å². The fourth-order valence-corrected chi connectivity index (χ4v) is 1.96. The van der Waals surface area contributed by atoms with Crippen molar-refractivity contribution in [2.45, 2.75) is 31.9 Å². The highest BCUT2D eigenvalue weighted by molar-refractivity contribution is 5.85. The Labute approximate surface area is 76.6 Å². The van der Waals surface area contributed by atoms with Crippen LogP contribution in [0.25, 0.3) is 0 Å². The number of carbonyl (C=O) groups is 1. The molecule has 1 unspecified atom stereocenters. The van der Waals surface area contributed by atoms with Crippen molar-refractivity contribution in [1.82, 2.24) is 5.32 Å². The lowest BCUT2D eigenvalue weighted by atomic mass is 10.1. The van der Waals surface area contributed by atoms with E-state index in [2.05, 4.69) is 5.32 Å². The number of nitrogens with one attached hydrogen (secondary N) is 1. The minimum atomic E-state index is -0.944. The first-order valence-electron chi connectivity index (χ1n) is 4.63. The van der Waals surface area contributed by atoms with E-state index in [9.17, 15) is 4.79 Å². The molecule has 4 heteroatoms. The molecule has 0 saturated heterocycles. The van der Waals surface area contributed by atoms with Gasteiger partial charge in [0.25, 0.3) is 0 Å². The molecule has 2 aliphatic rings. The number of carboxylic acids is 1. The number of hydrogen-bond donors (Lipinski definition) is 2. The molecule has 0 aromatic heterocycles. The van der Waals surface area contributed by atoms with E-state index in [1.807, 2.05) is 0 Å². The molecule has 1 atom stereocenters. The summed E-state index contributed by atoms with van der Waals surface area (Å²) in [5.74, 6) is -0.464. The summed E-state index contributed by atoms with van der Waals surface area (Å²) in [6.45, 7) is 0. The van der Waals surface area contributed by atoms with Crippen LogP contribution in [0, 0.1) is 5.92 Å². The molecule has 1 saturated carbocycles. The van der Waals surface area contributed by atoms with Crippen molar-refractivity contribution < 1.29 is 14.6 Å². The Morgan fingerprint density at radius 2 is 2.23 bits per heavy atom. The van der Waals surface area contributed by atoms with Crippen LogP contribution in [-0.2, 0) is 9.53 Å². The van der Waals surface area contributed by atoms with Crippen LogP contribution < -0.4 is 5.32 Å². The van der Waals surface area contributed by atoms with Gasteiger partial charge in [0.15, 0.2) is 11.9 Å². The van der Waals surface area contributed by atoms with Crippen LogP contribution in [0.1, 0.15) is 25.7 Å². The van der Waals surface area contributed by atoms with Crippen molar-refractivity contribution in [2.24, 2.45) is 5.92 Å². The van der Waals surface area contributed by atoms with E-state index < -0.39 is 5.97 Å². The first-order valence-corrected chi connectivity index (χ1v) is 4.63. The third-order valence-electron chi connectivity index (χ3n) is 2.69. The number of ether oxygens (including phenoxy) is 1. The maximum atomic E-state index is 10.6. The third-order valence-corrected chi connectivity index (χ3v) is 2.69. The second-order valence-electron chi connectivity index (χ2n) is 3.58. The molecule has 0 spiro atoms. The van der Waals surface area contributed by atoms with Gasteiger partial charge in [-0.2, -0.15) is 0 Å². The van der Waals surface area contributed by atoms with Crippen LogP contribution in [0.4, 0.5) is 0 Å². The Balaban J connectivity index is 1.90. The second-order valence-corrected chi connectivity index (χ2v) is 3.58. The molecule has 4 nitrogen and oxygen atoms in total. The van der Waals surface area contributed by atoms with Gasteiger partial charge in [-0.3, -0.25) is 0 Å². The fourth-order valence-electron chi connectivity index (χ4n) is 1.96. The first-order chi connectivity index (χ1) is 6.27. The van der Waals surface area contributed by atoms with Crippen molar-refractivity contribution in [1.29, 1.82) is 0 Å². The largest absolute Gasteiger partial charge is 0.476 e. The molecular formula is C9H13NO3. The molecule has 1 heterocycles. The summed E-state index contributed by atoms with van der Waals surface area (Å²) >= 11 is 0. The average Bonchev–Trinajstić information content (AvgIpc) is 2.75. The Hall–Kier alpha value is -1.19. The molecule has 1 aliphatic heterocycles. The van der Waals surface area contributed by atoms with Gasteiger partial charge in [-0.05, 0) is 12.8 Å². The van der Waals surface area contributed by atoms with Gasteiger partial charge in [-0.15, -0.1) is 0 Å². The van der Waals surface area contributed by atoms with Gasteiger partial charge in [0.05, 0.1) is 0 Å². The zero-order chi connectivity index (χ0) is 9.26. The van der Waals surface area contributed by atoms with E-state index in [1.165, 1.54) is 19.1 Å². The molecule has 0 aromatic rings. The SMILES string of the molecule is O=C(O)C1=COC(C2CCCC2)N1. The quantitative estimate of drug-likeness (QED) is 0.671. The van der Waals surface area contributed by atoms with Crippen molar-refractivity contribution in [2.75, 3.05) is 0 Å². The molecule has 0 amide bonds. The van der Waals surface area contributed by atoms with E-state index in [4.69, 9.17) is 9.84 Å². The zero-order valence-corrected chi connectivity index (χ0v) is 7.32. The predicted molar refractivity (Wildman–Crippen MR) is 45.7 cm³/mol. The van der Waals surface area contributed by atoms with E-state index in [1.54, 1.807) is 0 Å². The lowest BCUT2D eigenvalue weighted by Crippen LogP contribution is -2.32. The summed E-state index contributed by atoms with van der Waals surface area (Å²) in [5, 5.41) is 11.5. The Morgan fingerprint density at radius 3 is 2.77 bits per heavy atom. The number of aliphatic carboxylic acids is 1. The van der Waals surface area contributed by atoms with E-state index in [-0.39, 0.29) is 11.9 Å². The van der Waals surface area contributed by atoms with Crippen molar-refractivity contribution in [3.8, 4) is 0 Å². The summed E-state index contributed by atoms with van der Waals surface area (Å²) < 4.78 is 5.26. The van der Waals surface area contributed by atoms with Crippen LogP contribution >= 0.6 is 0 Å². The molecule has 0 bridgehead atoms. The number of hydrogen-bond acceptors (Lipinski definition) is 3. The highest BCUT2D eigenvalue weighted by atomic mass is 16.5. The van der Waals surface area contributed by atoms with Gasteiger partial charge in [-0.25, -0.2) is 4.79 Å². The molecule has 2 rings (SSSR count). The van der Waals surface area contributed by atoms with Crippen molar-refractivity contribution in [3.05, 3.63) is 12.0 Å². The number of carboxylic acid groups (broad SMARTS) is 1. The van der Waals surface area contributed by atoms with E-state index >= 15 is 0 Å². The Bertz CT molecular complexity index is 243. The minimum Gasteiger partial charge on any atom is -0.476 e. The molecule has 2 N–H and O–H groups in total. The normalized spacial score (nSPS) is 28.0. The summed E-state index contributed by atoms with van der Waals surface area (Å²) in [5.41, 5.74) is 0.178. The molecule has 0 aromatic carbocycles. The molecule has 0 radical (unpaired) electrons. The van der Waals surface area contributed by atoms with Crippen molar-refractivity contribution >= 4 is 5.97 Å². The average molecular weight is 183 g/mol. The highest BCUT2D eigenvalue weighted by Gasteiger charge is 2.31. The molecular weight excluding hydrogens is 170 g/mol. The molecule has 13 heavy (non-hydrogen) atoms. The summed E-state index contributed by atoms with van der Waals surface area (Å²) in [7, 11) is 0. The van der Waals surface area contributed by atoms with Gasteiger partial charge in [0, 0.05) is 5.92 Å². The molecule has 1 aliphatic carbocycles. The maximum absolute atomic E-state index is 10.6. The lowest BCUT2D eigenvalue weighted by molar-refractivity contribution is -0.133. The van der Waals surface area contributed by atoms with Crippen molar-refractivity contribution in [3.63, 3.8) is 0 Å². The second kappa shape index (κ2) is 3.28. The van der Waals surface area contributed by atoms with Gasteiger partial charge >= 0.3 is 5.97 Å². The fraction of sp³-hybridized carbons (Fsp3) is 0.667. The monoisotopic (exact) mass is 183 g/mol. The summed E-state index contributed by atoms with van der Waals surface area (Å²) in [6.07, 6.45) is 5.94. The zero-order valence-electron chi connectivity index (χ0n) is 7.32. The predicted octanol–water partition coefficient (Wildman–Crippen LogP) is 1.05.